The Hall–Kier alpha value is -1.14. The molecule has 0 aromatic carbocycles. The van der Waals surface area contributed by atoms with Crippen LogP contribution in [0.25, 0.3) is 0 Å². The fraction of sp³-hybridized carbons (Fsp3) is 0.833. The Kier molecular flexibility index (Phi) is 5.55. The summed E-state index contributed by atoms with van der Waals surface area (Å²) < 4.78 is 5.14. The molecule has 1 amide bonds. The number of nitrogens with one attached hydrogen (secondary N) is 1. The molecule has 0 radical (unpaired) electrons. The van der Waals surface area contributed by atoms with Gasteiger partial charge in [-0.25, -0.2) is 4.79 Å². The summed E-state index contributed by atoms with van der Waals surface area (Å²) in [5.41, 5.74) is 0. The van der Waals surface area contributed by atoms with Crippen LogP contribution in [0.1, 0.15) is 33.1 Å². The number of aliphatic carboxylic acids is 1. The Bertz CT molecular complexity index is 305. The standard InChI is InChI=1S/C12H21NO5/c1-7(2)5-8(6-14)13-11(15)9-3-4-10(18-9)12(16)17/h7-10,14H,3-6H2,1-2H3,(H,13,15)(H,16,17). The molecule has 0 bridgehead atoms. The number of carboxylic acids is 1. The molecule has 0 aromatic heterocycles. The minimum absolute atomic E-state index is 0.126. The molecule has 1 saturated heterocycles. The summed E-state index contributed by atoms with van der Waals surface area (Å²) in [6.45, 7) is 3.88. The molecule has 0 aliphatic carbocycles. The van der Waals surface area contributed by atoms with Gasteiger partial charge in [0.25, 0.3) is 0 Å². The largest absolute Gasteiger partial charge is 0.479 e. The molecule has 3 atom stereocenters. The van der Waals surface area contributed by atoms with E-state index in [9.17, 15) is 9.59 Å². The Morgan fingerprint density at radius 3 is 2.39 bits per heavy atom. The maximum absolute atomic E-state index is 11.8. The second kappa shape index (κ2) is 6.70. The summed E-state index contributed by atoms with van der Waals surface area (Å²) in [7, 11) is 0. The van der Waals surface area contributed by atoms with Gasteiger partial charge in [-0.2, -0.15) is 0 Å². The van der Waals surface area contributed by atoms with Crippen molar-refractivity contribution < 1.29 is 24.5 Å². The van der Waals surface area contributed by atoms with E-state index < -0.39 is 18.2 Å². The molecule has 3 N–H and O–H groups in total. The number of amides is 1. The van der Waals surface area contributed by atoms with E-state index in [4.69, 9.17) is 14.9 Å². The number of carboxylic acid groups (broad SMARTS) is 1. The average Bonchev–Trinajstić information content (AvgIpc) is 2.76. The molecule has 1 aliphatic rings. The first-order valence-electron chi connectivity index (χ1n) is 6.23. The number of hydrogen-bond acceptors (Lipinski definition) is 4. The van der Waals surface area contributed by atoms with Crippen LogP contribution in [0, 0.1) is 5.92 Å². The third-order valence-corrected chi connectivity index (χ3v) is 2.91. The average molecular weight is 259 g/mol. The van der Waals surface area contributed by atoms with E-state index in [2.05, 4.69) is 5.32 Å². The lowest BCUT2D eigenvalue weighted by atomic mass is 10.0. The molecule has 1 aliphatic heterocycles. The van der Waals surface area contributed by atoms with Gasteiger partial charge < -0.3 is 20.3 Å². The van der Waals surface area contributed by atoms with Crippen molar-refractivity contribution >= 4 is 11.9 Å². The summed E-state index contributed by atoms with van der Waals surface area (Å²) in [4.78, 5) is 22.5. The first kappa shape index (κ1) is 14.9. The Morgan fingerprint density at radius 2 is 1.94 bits per heavy atom. The second-order valence-corrected chi connectivity index (χ2v) is 5.05. The zero-order valence-electron chi connectivity index (χ0n) is 10.8. The molecule has 3 unspecified atom stereocenters. The molecule has 6 nitrogen and oxygen atoms in total. The number of ether oxygens (including phenoxy) is 1. The number of rotatable bonds is 6. The lowest BCUT2D eigenvalue weighted by Crippen LogP contribution is -2.44. The van der Waals surface area contributed by atoms with Crippen molar-refractivity contribution in [3.05, 3.63) is 0 Å². The third kappa shape index (κ3) is 4.27. The van der Waals surface area contributed by atoms with Crippen LogP contribution in [-0.2, 0) is 14.3 Å². The van der Waals surface area contributed by atoms with Gasteiger partial charge in [0.2, 0.25) is 5.91 Å². The van der Waals surface area contributed by atoms with Gasteiger partial charge in [0, 0.05) is 0 Å². The monoisotopic (exact) mass is 259 g/mol. The summed E-state index contributed by atoms with van der Waals surface area (Å²) >= 11 is 0. The van der Waals surface area contributed by atoms with E-state index in [0.29, 0.717) is 25.2 Å². The molecule has 0 aromatic rings. The number of hydrogen-bond donors (Lipinski definition) is 3. The van der Waals surface area contributed by atoms with Crippen LogP contribution in [0.5, 0.6) is 0 Å². The minimum atomic E-state index is -1.04. The Balaban J connectivity index is 2.43. The summed E-state index contributed by atoms with van der Waals surface area (Å²) in [5.74, 6) is -1.01. The predicted molar refractivity (Wildman–Crippen MR) is 64.0 cm³/mol. The smallest absolute Gasteiger partial charge is 0.332 e. The van der Waals surface area contributed by atoms with Crippen molar-refractivity contribution in [1.29, 1.82) is 0 Å². The number of carbonyl (C=O) groups excluding carboxylic acids is 1. The topological polar surface area (TPSA) is 95.9 Å². The van der Waals surface area contributed by atoms with Crippen LogP contribution < -0.4 is 5.32 Å². The van der Waals surface area contributed by atoms with Crippen molar-refractivity contribution in [1.82, 2.24) is 5.32 Å². The highest BCUT2D eigenvalue weighted by Gasteiger charge is 2.35. The van der Waals surface area contributed by atoms with Gasteiger partial charge in [0.05, 0.1) is 12.6 Å². The van der Waals surface area contributed by atoms with E-state index in [1.54, 1.807) is 0 Å². The third-order valence-electron chi connectivity index (χ3n) is 2.91. The van der Waals surface area contributed by atoms with Crippen molar-refractivity contribution in [2.45, 2.75) is 51.4 Å². The van der Waals surface area contributed by atoms with Crippen LogP contribution in [0.15, 0.2) is 0 Å². The maximum Gasteiger partial charge on any atom is 0.332 e. The van der Waals surface area contributed by atoms with Crippen LogP contribution in [0.4, 0.5) is 0 Å². The van der Waals surface area contributed by atoms with Gasteiger partial charge in [0.1, 0.15) is 6.10 Å². The highest BCUT2D eigenvalue weighted by molar-refractivity contribution is 5.82. The summed E-state index contributed by atoms with van der Waals surface area (Å²) in [5, 5.41) is 20.6. The van der Waals surface area contributed by atoms with Crippen molar-refractivity contribution in [2.24, 2.45) is 5.92 Å². The normalized spacial score (nSPS) is 25.1. The molecule has 1 heterocycles. The van der Waals surface area contributed by atoms with Crippen LogP contribution >= 0.6 is 0 Å². The number of carbonyl (C=O) groups is 2. The molecule has 1 fully saturated rings. The van der Waals surface area contributed by atoms with Crippen molar-refractivity contribution in [3.63, 3.8) is 0 Å². The second-order valence-electron chi connectivity index (χ2n) is 5.05. The maximum atomic E-state index is 11.8. The molecule has 104 valence electrons. The predicted octanol–water partition coefficient (Wildman–Crippen LogP) is 0.142. The molecular weight excluding hydrogens is 238 g/mol. The highest BCUT2D eigenvalue weighted by Crippen LogP contribution is 2.20. The fourth-order valence-electron chi connectivity index (χ4n) is 2.05. The fourth-order valence-corrected chi connectivity index (χ4v) is 2.05. The SMILES string of the molecule is CC(C)CC(CO)NC(=O)C1CCC(C(=O)O)O1. The van der Waals surface area contributed by atoms with E-state index >= 15 is 0 Å². The molecule has 6 heteroatoms. The van der Waals surface area contributed by atoms with Crippen LogP contribution in [-0.4, -0.2) is 46.9 Å². The van der Waals surface area contributed by atoms with E-state index in [-0.39, 0.29) is 18.6 Å². The summed E-state index contributed by atoms with van der Waals surface area (Å²) in [6.07, 6.45) is -0.174. The van der Waals surface area contributed by atoms with Crippen LogP contribution in [0.3, 0.4) is 0 Å². The van der Waals surface area contributed by atoms with Gasteiger partial charge in [-0.15, -0.1) is 0 Å². The molecule has 1 rings (SSSR count). The highest BCUT2D eigenvalue weighted by atomic mass is 16.5. The van der Waals surface area contributed by atoms with Crippen LogP contribution in [0.2, 0.25) is 0 Å². The first-order chi connectivity index (χ1) is 8.43. The number of aliphatic hydroxyl groups excluding tert-OH is 1. The van der Waals surface area contributed by atoms with Gasteiger partial charge in [-0.1, -0.05) is 13.8 Å². The molecule has 0 spiro atoms. The molecular formula is C12H21NO5. The van der Waals surface area contributed by atoms with Crippen molar-refractivity contribution in [2.75, 3.05) is 6.61 Å². The molecule has 0 saturated carbocycles. The molecule has 18 heavy (non-hydrogen) atoms. The minimum Gasteiger partial charge on any atom is -0.479 e. The lowest BCUT2D eigenvalue weighted by molar-refractivity contribution is -0.152. The Labute approximate surface area is 106 Å². The summed E-state index contributed by atoms with van der Waals surface area (Å²) in [6, 6.07) is -0.301. The van der Waals surface area contributed by atoms with E-state index in [1.807, 2.05) is 13.8 Å². The zero-order chi connectivity index (χ0) is 13.7. The van der Waals surface area contributed by atoms with Gasteiger partial charge in [-0.3, -0.25) is 4.79 Å². The van der Waals surface area contributed by atoms with E-state index in [0.717, 1.165) is 0 Å². The van der Waals surface area contributed by atoms with Gasteiger partial charge >= 0.3 is 5.97 Å². The number of aliphatic hydroxyl groups is 1. The lowest BCUT2D eigenvalue weighted by Gasteiger charge is -2.20. The zero-order valence-corrected chi connectivity index (χ0v) is 10.8. The van der Waals surface area contributed by atoms with E-state index in [1.165, 1.54) is 0 Å². The Morgan fingerprint density at radius 1 is 1.33 bits per heavy atom. The van der Waals surface area contributed by atoms with Gasteiger partial charge in [0.15, 0.2) is 6.10 Å². The first-order valence-corrected chi connectivity index (χ1v) is 6.23. The van der Waals surface area contributed by atoms with Crippen molar-refractivity contribution in [3.8, 4) is 0 Å². The van der Waals surface area contributed by atoms with Gasteiger partial charge in [-0.05, 0) is 25.2 Å². The quantitative estimate of drug-likeness (QED) is 0.630.